The minimum atomic E-state index is -0.266. The van der Waals surface area contributed by atoms with Crippen LogP contribution in [0.15, 0.2) is 108 Å². The van der Waals surface area contributed by atoms with Crippen LogP contribution in [0.1, 0.15) is 16.7 Å². The van der Waals surface area contributed by atoms with Crippen molar-refractivity contribution in [2.75, 3.05) is 0 Å². The van der Waals surface area contributed by atoms with Crippen LogP contribution in [0.4, 0.5) is 0 Å². The van der Waals surface area contributed by atoms with E-state index < -0.39 is 0 Å². The third kappa shape index (κ3) is 3.95. The number of hydrogen-bond acceptors (Lipinski definition) is 2. The zero-order valence-electron chi connectivity index (χ0n) is 19.4. The molecule has 36 heavy (non-hydrogen) atoms. The third-order valence-corrected chi connectivity index (χ3v) is 7.31. The van der Waals surface area contributed by atoms with Gasteiger partial charge in [0.2, 0.25) is 0 Å². The number of carbonyl (C=O) groups is 2. The number of halogens is 1. The summed E-state index contributed by atoms with van der Waals surface area (Å²) in [6.45, 7) is 2.06. The Morgan fingerprint density at radius 1 is 0.472 bits per heavy atom. The normalized spacial score (nSPS) is 14.7. The third-order valence-electron chi connectivity index (χ3n) is 6.59. The van der Waals surface area contributed by atoms with Gasteiger partial charge in [0.1, 0.15) is 0 Å². The van der Waals surface area contributed by atoms with Crippen molar-refractivity contribution in [3.05, 3.63) is 128 Å². The second-order valence-corrected chi connectivity index (χ2v) is 10.2. The summed E-state index contributed by atoms with van der Waals surface area (Å²) in [7, 11) is 0. The molecule has 2 heterocycles. The lowest BCUT2D eigenvalue weighted by Crippen LogP contribution is -2.21. The van der Waals surface area contributed by atoms with E-state index in [1.54, 1.807) is 0 Å². The first-order chi connectivity index (χ1) is 17.5. The summed E-state index contributed by atoms with van der Waals surface area (Å²) in [6, 6.07) is 32.5. The van der Waals surface area contributed by atoms with Crippen LogP contribution in [-0.2, 0) is 9.59 Å². The minimum absolute atomic E-state index is 0.266. The van der Waals surface area contributed by atoms with Gasteiger partial charge < -0.3 is 10.6 Å². The van der Waals surface area contributed by atoms with Gasteiger partial charge in [-0.1, -0.05) is 90.5 Å². The highest BCUT2D eigenvalue weighted by Gasteiger charge is 2.40. The molecule has 0 spiro atoms. The summed E-state index contributed by atoms with van der Waals surface area (Å²) in [4.78, 5) is 26.0. The standard InChI is InChI=1S/C31H21IN2O2/c1-18-2-4-19(5-3-18)20-6-10-23(11-7-20)28-26-27(31(36)33-28)29(34-30(26)35)24-12-8-21(9-13-24)22-14-16-25(32)17-15-22/h2-17H,1H3,(H,33,36)(H,34,35). The monoisotopic (exact) mass is 580 g/mol. The second-order valence-electron chi connectivity index (χ2n) is 8.94. The fourth-order valence-electron chi connectivity index (χ4n) is 4.66. The number of aryl methyl sites for hydroxylation is 1. The van der Waals surface area contributed by atoms with Crippen molar-refractivity contribution in [2.45, 2.75) is 6.92 Å². The van der Waals surface area contributed by atoms with Crippen molar-refractivity contribution in [3.8, 4) is 22.3 Å². The number of amides is 2. The fourth-order valence-corrected chi connectivity index (χ4v) is 5.02. The van der Waals surface area contributed by atoms with Crippen molar-refractivity contribution in [1.29, 1.82) is 0 Å². The first kappa shape index (κ1) is 22.5. The first-order valence-corrected chi connectivity index (χ1v) is 12.7. The first-order valence-electron chi connectivity index (χ1n) is 11.6. The molecule has 0 bridgehead atoms. The molecule has 4 nitrogen and oxygen atoms in total. The van der Waals surface area contributed by atoms with Gasteiger partial charge in [0.05, 0.1) is 22.5 Å². The van der Waals surface area contributed by atoms with Gasteiger partial charge in [0.25, 0.3) is 11.8 Å². The second kappa shape index (κ2) is 8.91. The Labute approximate surface area is 222 Å². The molecule has 2 aliphatic heterocycles. The van der Waals surface area contributed by atoms with Crippen LogP contribution in [0.2, 0.25) is 0 Å². The summed E-state index contributed by atoms with van der Waals surface area (Å²) >= 11 is 2.29. The van der Waals surface area contributed by atoms with E-state index in [1.165, 1.54) is 9.13 Å². The maximum Gasteiger partial charge on any atom is 0.258 e. The predicted molar refractivity (Wildman–Crippen MR) is 151 cm³/mol. The van der Waals surface area contributed by atoms with E-state index in [2.05, 4.69) is 88.7 Å². The minimum Gasteiger partial charge on any atom is -0.321 e. The molecule has 2 aliphatic rings. The summed E-state index contributed by atoms with van der Waals surface area (Å²) in [5.74, 6) is -0.532. The molecule has 0 unspecified atom stereocenters. The zero-order valence-corrected chi connectivity index (χ0v) is 21.6. The molecule has 5 heteroatoms. The molecule has 0 saturated heterocycles. The van der Waals surface area contributed by atoms with Crippen LogP contribution in [-0.4, -0.2) is 11.8 Å². The number of fused-ring (bicyclic) bond motifs is 1. The van der Waals surface area contributed by atoms with Crippen molar-refractivity contribution >= 4 is 45.8 Å². The summed E-state index contributed by atoms with van der Waals surface area (Å²) in [5.41, 5.74) is 9.11. The van der Waals surface area contributed by atoms with E-state index in [4.69, 9.17) is 0 Å². The zero-order chi connectivity index (χ0) is 24.8. The van der Waals surface area contributed by atoms with Crippen molar-refractivity contribution < 1.29 is 9.59 Å². The number of benzene rings is 4. The molecule has 2 amide bonds. The van der Waals surface area contributed by atoms with E-state index in [0.717, 1.165) is 33.4 Å². The highest BCUT2D eigenvalue weighted by molar-refractivity contribution is 14.1. The van der Waals surface area contributed by atoms with Gasteiger partial charge in [-0.3, -0.25) is 9.59 Å². The van der Waals surface area contributed by atoms with E-state index in [-0.39, 0.29) is 11.8 Å². The molecule has 6 rings (SSSR count). The SMILES string of the molecule is Cc1ccc(-c2ccc(C3=C4C(=O)NC(c5ccc(-c6ccc(I)cc6)cc5)=C4C(=O)N3)cc2)cc1. The molecular formula is C31H21IN2O2. The van der Waals surface area contributed by atoms with E-state index >= 15 is 0 Å². The average Bonchev–Trinajstić information content (AvgIpc) is 3.43. The van der Waals surface area contributed by atoms with E-state index in [0.29, 0.717) is 22.5 Å². The lowest BCUT2D eigenvalue weighted by atomic mass is 9.98. The molecule has 0 aromatic heterocycles. The molecule has 0 fully saturated rings. The topological polar surface area (TPSA) is 58.2 Å². The molecule has 174 valence electrons. The quantitative estimate of drug-likeness (QED) is 0.278. The highest BCUT2D eigenvalue weighted by atomic mass is 127. The van der Waals surface area contributed by atoms with Gasteiger partial charge in [0.15, 0.2) is 0 Å². The molecule has 4 aromatic carbocycles. The van der Waals surface area contributed by atoms with E-state index in [1.807, 2.05) is 48.5 Å². The molecule has 0 radical (unpaired) electrons. The van der Waals surface area contributed by atoms with Crippen LogP contribution in [0.3, 0.4) is 0 Å². The Kier molecular flexibility index (Phi) is 5.57. The molecular weight excluding hydrogens is 559 g/mol. The molecule has 0 atom stereocenters. The molecule has 0 saturated carbocycles. The van der Waals surface area contributed by atoms with Gasteiger partial charge in [-0.15, -0.1) is 0 Å². The van der Waals surface area contributed by atoms with Gasteiger partial charge in [-0.2, -0.15) is 0 Å². The summed E-state index contributed by atoms with van der Waals surface area (Å²) in [5, 5.41) is 5.87. The van der Waals surface area contributed by atoms with Gasteiger partial charge in [0, 0.05) is 3.57 Å². The lowest BCUT2D eigenvalue weighted by molar-refractivity contribution is -0.117. The Balaban J connectivity index is 1.34. The summed E-state index contributed by atoms with van der Waals surface area (Å²) in [6.07, 6.45) is 0. The Morgan fingerprint density at radius 2 is 0.778 bits per heavy atom. The Morgan fingerprint density at radius 3 is 1.17 bits per heavy atom. The van der Waals surface area contributed by atoms with Crippen LogP contribution in [0.25, 0.3) is 33.6 Å². The molecule has 2 N–H and O–H groups in total. The van der Waals surface area contributed by atoms with Crippen LogP contribution in [0, 0.1) is 10.5 Å². The maximum atomic E-state index is 13.0. The van der Waals surface area contributed by atoms with Gasteiger partial charge >= 0.3 is 0 Å². The smallest absolute Gasteiger partial charge is 0.258 e. The van der Waals surface area contributed by atoms with Crippen molar-refractivity contribution in [2.24, 2.45) is 0 Å². The van der Waals surface area contributed by atoms with Gasteiger partial charge in [-0.05, 0) is 75.0 Å². The number of nitrogens with one attached hydrogen (secondary N) is 2. The summed E-state index contributed by atoms with van der Waals surface area (Å²) < 4.78 is 1.18. The van der Waals surface area contributed by atoms with Crippen molar-refractivity contribution in [3.63, 3.8) is 0 Å². The number of hydrogen-bond donors (Lipinski definition) is 2. The number of rotatable bonds is 4. The maximum absolute atomic E-state index is 13.0. The van der Waals surface area contributed by atoms with Crippen LogP contribution in [0.5, 0.6) is 0 Å². The fraction of sp³-hybridized carbons (Fsp3) is 0.0323. The molecule has 0 aliphatic carbocycles. The largest absolute Gasteiger partial charge is 0.321 e. The Hall–Kier alpha value is -3.97. The van der Waals surface area contributed by atoms with Crippen molar-refractivity contribution in [1.82, 2.24) is 10.6 Å². The van der Waals surface area contributed by atoms with Crippen LogP contribution < -0.4 is 10.6 Å². The Bertz CT molecular complexity index is 1460. The molecule has 4 aromatic rings. The predicted octanol–water partition coefficient (Wildman–Crippen LogP) is 6.32. The van der Waals surface area contributed by atoms with Crippen LogP contribution >= 0.6 is 22.6 Å². The van der Waals surface area contributed by atoms with E-state index in [9.17, 15) is 9.59 Å². The average molecular weight is 580 g/mol. The van der Waals surface area contributed by atoms with Gasteiger partial charge in [-0.25, -0.2) is 0 Å². The highest BCUT2D eigenvalue weighted by Crippen LogP contribution is 2.38. The lowest BCUT2D eigenvalue weighted by Gasteiger charge is -2.09. The number of carbonyl (C=O) groups excluding carboxylic acids is 2.